The zero-order valence-corrected chi connectivity index (χ0v) is 18.2. The number of ether oxygens (including phenoxy) is 1. The van der Waals surface area contributed by atoms with Crippen LogP contribution < -0.4 is 4.74 Å². The molecule has 0 amide bonds. The predicted octanol–water partition coefficient (Wildman–Crippen LogP) is 7.96. The molecule has 1 saturated carbocycles. The molecule has 158 valence electrons. The van der Waals surface area contributed by atoms with Gasteiger partial charge >= 0.3 is 5.97 Å². The molecule has 0 aliphatic heterocycles. The summed E-state index contributed by atoms with van der Waals surface area (Å²) in [5, 5.41) is 0. The lowest BCUT2D eigenvalue weighted by Crippen LogP contribution is -2.13. The van der Waals surface area contributed by atoms with Gasteiger partial charge in [0.2, 0.25) is 0 Å². The molecule has 1 aliphatic carbocycles. The van der Waals surface area contributed by atoms with Crippen LogP contribution in [0.1, 0.15) is 85.7 Å². The van der Waals surface area contributed by atoms with E-state index in [4.69, 9.17) is 4.74 Å². The summed E-state index contributed by atoms with van der Waals surface area (Å²) in [5.74, 6) is 1.81. The molecular formula is C28H34O2. The zero-order chi connectivity index (χ0) is 21.2. The molecule has 0 spiro atoms. The lowest BCUT2D eigenvalue weighted by Gasteiger charge is -2.28. The van der Waals surface area contributed by atoms with E-state index in [1.807, 2.05) is 42.5 Å². The first-order valence-electron chi connectivity index (χ1n) is 11.4. The minimum atomic E-state index is -0.303. The number of carbonyl (C=O) groups excluding carboxylic acids is 1. The molecule has 1 aliphatic rings. The molecule has 0 saturated heterocycles. The van der Waals surface area contributed by atoms with E-state index in [2.05, 4.69) is 37.8 Å². The monoisotopic (exact) mass is 402 g/mol. The standard InChI is InChI=1S/C28H34O2/c1-3-5-6-7-9-23-12-20-27(21-13-23)30-28(29)26-18-16-25(17-19-26)24-14-10-22(8-4-2)11-15-24/h3,7,9,12-13,16-22,24H,1,4-6,8,10-11,14-15H2,2H3. The fourth-order valence-electron chi connectivity index (χ4n) is 4.33. The highest BCUT2D eigenvalue weighted by Gasteiger charge is 2.22. The van der Waals surface area contributed by atoms with E-state index in [1.165, 1.54) is 44.1 Å². The van der Waals surface area contributed by atoms with Gasteiger partial charge in [-0.25, -0.2) is 4.79 Å². The number of rotatable bonds is 9. The Kier molecular flexibility index (Phi) is 8.50. The number of benzene rings is 2. The van der Waals surface area contributed by atoms with Crippen molar-refractivity contribution >= 4 is 12.0 Å². The zero-order valence-electron chi connectivity index (χ0n) is 18.2. The minimum absolute atomic E-state index is 0.303. The molecule has 0 atom stereocenters. The second-order valence-corrected chi connectivity index (χ2v) is 8.36. The third kappa shape index (κ3) is 6.45. The molecule has 2 aromatic carbocycles. The van der Waals surface area contributed by atoms with Crippen molar-refractivity contribution in [1.82, 2.24) is 0 Å². The van der Waals surface area contributed by atoms with Crippen LogP contribution in [0, 0.1) is 5.92 Å². The highest BCUT2D eigenvalue weighted by Crippen LogP contribution is 2.37. The Morgan fingerprint density at radius 3 is 2.33 bits per heavy atom. The maximum absolute atomic E-state index is 12.5. The molecule has 0 N–H and O–H groups in total. The van der Waals surface area contributed by atoms with Crippen molar-refractivity contribution in [3.63, 3.8) is 0 Å². The SMILES string of the molecule is C=CCCC=Cc1ccc(OC(=O)c2ccc(C3CCC(CCC)CC3)cc2)cc1. The van der Waals surface area contributed by atoms with Gasteiger partial charge in [-0.05, 0) is 85.8 Å². The molecule has 0 unspecified atom stereocenters. The van der Waals surface area contributed by atoms with Gasteiger partial charge in [-0.1, -0.05) is 62.3 Å². The number of carbonyl (C=O) groups is 1. The molecule has 2 nitrogen and oxygen atoms in total. The summed E-state index contributed by atoms with van der Waals surface area (Å²) in [6, 6.07) is 15.6. The van der Waals surface area contributed by atoms with E-state index >= 15 is 0 Å². The van der Waals surface area contributed by atoms with Gasteiger partial charge < -0.3 is 4.74 Å². The third-order valence-corrected chi connectivity index (χ3v) is 6.10. The fraction of sp³-hybridized carbons (Fsp3) is 0.393. The van der Waals surface area contributed by atoms with Crippen molar-refractivity contribution in [1.29, 1.82) is 0 Å². The topological polar surface area (TPSA) is 26.3 Å². The van der Waals surface area contributed by atoms with Crippen molar-refractivity contribution in [2.75, 3.05) is 0 Å². The van der Waals surface area contributed by atoms with Crippen LogP contribution in [0.25, 0.3) is 6.08 Å². The fourth-order valence-corrected chi connectivity index (χ4v) is 4.33. The van der Waals surface area contributed by atoms with Crippen LogP contribution in [0.2, 0.25) is 0 Å². The molecule has 1 fully saturated rings. The van der Waals surface area contributed by atoms with Crippen LogP contribution in [0.4, 0.5) is 0 Å². The highest BCUT2D eigenvalue weighted by atomic mass is 16.5. The maximum Gasteiger partial charge on any atom is 0.343 e. The second kappa shape index (κ2) is 11.5. The van der Waals surface area contributed by atoms with Crippen LogP contribution in [-0.2, 0) is 0 Å². The second-order valence-electron chi connectivity index (χ2n) is 8.36. The Balaban J connectivity index is 1.52. The molecule has 2 heteroatoms. The van der Waals surface area contributed by atoms with Crippen molar-refractivity contribution in [2.24, 2.45) is 5.92 Å². The van der Waals surface area contributed by atoms with Gasteiger partial charge in [-0.3, -0.25) is 0 Å². The van der Waals surface area contributed by atoms with E-state index < -0.39 is 0 Å². The first-order valence-corrected chi connectivity index (χ1v) is 11.4. The highest BCUT2D eigenvalue weighted by molar-refractivity contribution is 5.91. The summed E-state index contributed by atoms with van der Waals surface area (Å²) < 4.78 is 5.55. The Morgan fingerprint density at radius 1 is 1.00 bits per heavy atom. The summed E-state index contributed by atoms with van der Waals surface area (Å²) >= 11 is 0. The molecular weight excluding hydrogens is 368 g/mol. The molecule has 0 radical (unpaired) electrons. The number of hydrogen-bond donors (Lipinski definition) is 0. The van der Waals surface area contributed by atoms with Crippen molar-refractivity contribution in [3.8, 4) is 5.75 Å². The Labute approximate surface area is 181 Å². The van der Waals surface area contributed by atoms with Gasteiger partial charge in [0.25, 0.3) is 0 Å². The van der Waals surface area contributed by atoms with Crippen molar-refractivity contribution < 1.29 is 9.53 Å². The molecule has 0 aromatic heterocycles. The molecule has 0 heterocycles. The van der Waals surface area contributed by atoms with Gasteiger partial charge in [0, 0.05) is 0 Å². The number of allylic oxidation sites excluding steroid dienone is 2. The molecule has 0 bridgehead atoms. The third-order valence-electron chi connectivity index (χ3n) is 6.10. The van der Waals surface area contributed by atoms with E-state index in [9.17, 15) is 4.79 Å². The van der Waals surface area contributed by atoms with Crippen LogP contribution in [0.3, 0.4) is 0 Å². The maximum atomic E-state index is 12.5. The van der Waals surface area contributed by atoms with Crippen LogP contribution in [0.15, 0.2) is 67.3 Å². The van der Waals surface area contributed by atoms with Crippen molar-refractivity contribution in [3.05, 3.63) is 84.0 Å². The Hall–Kier alpha value is -2.61. The van der Waals surface area contributed by atoms with E-state index in [-0.39, 0.29) is 5.97 Å². The Bertz CT molecular complexity index is 822. The first-order chi connectivity index (χ1) is 14.7. The molecule has 30 heavy (non-hydrogen) atoms. The smallest absolute Gasteiger partial charge is 0.343 e. The summed E-state index contributed by atoms with van der Waals surface area (Å²) in [6.07, 6.45) is 15.9. The molecule has 2 aromatic rings. The molecule has 3 rings (SSSR count). The summed E-state index contributed by atoms with van der Waals surface area (Å²) in [5.41, 5.74) is 3.05. The van der Waals surface area contributed by atoms with Crippen molar-refractivity contribution in [2.45, 2.75) is 64.2 Å². The number of esters is 1. The van der Waals surface area contributed by atoms with Gasteiger partial charge in [0.1, 0.15) is 5.75 Å². The largest absolute Gasteiger partial charge is 0.423 e. The average molecular weight is 403 g/mol. The minimum Gasteiger partial charge on any atom is -0.423 e. The summed E-state index contributed by atoms with van der Waals surface area (Å²) in [4.78, 5) is 12.5. The van der Waals surface area contributed by atoms with Crippen LogP contribution in [-0.4, -0.2) is 5.97 Å². The van der Waals surface area contributed by atoms with E-state index in [0.717, 1.165) is 24.3 Å². The van der Waals surface area contributed by atoms with Gasteiger partial charge in [-0.15, -0.1) is 6.58 Å². The first kappa shape index (κ1) is 22.1. The normalized spacial score (nSPS) is 19.0. The van der Waals surface area contributed by atoms with Gasteiger partial charge in [0.05, 0.1) is 5.56 Å². The average Bonchev–Trinajstić information content (AvgIpc) is 2.79. The predicted molar refractivity (Wildman–Crippen MR) is 126 cm³/mol. The van der Waals surface area contributed by atoms with E-state index in [0.29, 0.717) is 17.2 Å². The Morgan fingerprint density at radius 2 is 1.70 bits per heavy atom. The lowest BCUT2D eigenvalue weighted by molar-refractivity contribution is 0.0734. The number of hydrogen-bond acceptors (Lipinski definition) is 2. The van der Waals surface area contributed by atoms with Crippen LogP contribution in [0.5, 0.6) is 5.75 Å². The quantitative estimate of drug-likeness (QED) is 0.184. The van der Waals surface area contributed by atoms with Gasteiger partial charge in [0.15, 0.2) is 0 Å². The summed E-state index contributed by atoms with van der Waals surface area (Å²) in [7, 11) is 0. The summed E-state index contributed by atoms with van der Waals surface area (Å²) in [6.45, 7) is 6.00. The van der Waals surface area contributed by atoms with Gasteiger partial charge in [-0.2, -0.15) is 0 Å². The van der Waals surface area contributed by atoms with E-state index in [1.54, 1.807) is 0 Å². The lowest BCUT2D eigenvalue weighted by atomic mass is 9.77. The van der Waals surface area contributed by atoms with Crippen LogP contribution >= 0.6 is 0 Å². The number of unbranched alkanes of at least 4 members (excludes halogenated alkanes) is 1.